The summed E-state index contributed by atoms with van der Waals surface area (Å²) in [5.74, 6) is -0.0949. The Hall–Kier alpha value is -2.85. The van der Waals surface area contributed by atoms with Crippen LogP contribution in [-0.2, 0) is 17.9 Å². The van der Waals surface area contributed by atoms with Gasteiger partial charge in [-0.1, -0.05) is 54.6 Å². The predicted octanol–water partition coefficient (Wildman–Crippen LogP) is 3.90. The monoisotopic (exact) mass is 335 g/mol. The zero-order valence-corrected chi connectivity index (χ0v) is 14.2. The van der Waals surface area contributed by atoms with Crippen molar-refractivity contribution >= 4 is 16.7 Å². The second-order valence-electron chi connectivity index (χ2n) is 5.98. The molecule has 0 spiro atoms. The molecule has 0 unspecified atom stereocenters. The SMILES string of the molecule is Cc1ccccc1COc1ccc2ccccc2c1CNCC(=O)O. The first-order valence-electron chi connectivity index (χ1n) is 8.25. The van der Waals surface area contributed by atoms with E-state index in [0.29, 0.717) is 13.2 Å². The maximum atomic E-state index is 10.8. The Morgan fingerprint density at radius 2 is 1.80 bits per heavy atom. The Balaban J connectivity index is 1.87. The van der Waals surface area contributed by atoms with Gasteiger partial charge in [-0.05, 0) is 34.9 Å². The Labute approximate surface area is 147 Å². The molecule has 0 bridgehead atoms. The third-order valence-electron chi connectivity index (χ3n) is 4.22. The summed E-state index contributed by atoms with van der Waals surface area (Å²) in [6.07, 6.45) is 0. The van der Waals surface area contributed by atoms with Gasteiger partial charge in [0.25, 0.3) is 0 Å². The zero-order chi connectivity index (χ0) is 17.6. The fourth-order valence-electron chi connectivity index (χ4n) is 2.86. The molecule has 0 saturated heterocycles. The first-order valence-corrected chi connectivity index (χ1v) is 8.25. The van der Waals surface area contributed by atoms with Gasteiger partial charge in [0.2, 0.25) is 0 Å². The maximum absolute atomic E-state index is 10.8. The van der Waals surface area contributed by atoms with Crippen LogP contribution in [0.25, 0.3) is 10.8 Å². The number of carbonyl (C=O) groups is 1. The number of rotatable bonds is 7. The van der Waals surface area contributed by atoms with Gasteiger partial charge in [0.1, 0.15) is 12.4 Å². The molecule has 4 nitrogen and oxygen atoms in total. The molecule has 0 saturated carbocycles. The van der Waals surface area contributed by atoms with Gasteiger partial charge in [-0.25, -0.2) is 0 Å². The lowest BCUT2D eigenvalue weighted by Gasteiger charge is -2.15. The molecule has 4 heteroatoms. The molecule has 0 heterocycles. The molecule has 128 valence electrons. The number of aryl methyl sites for hydroxylation is 1. The molecule has 0 atom stereocenters. The van der Waals surface area contributed by atoms with Gasteiger partial charge in [0.05, 0.1) is 6.54 Å². The first kappa shape index (κ1) is 17.0. The highest BCUT2D eigenvalue weighted by atomic mass is 16.5. The number of hydrogen-bond donors (Lipinski definition) is 2. The summed E-state index contributed by atoms with van der Waals surface area (Å²) in [6, 6.07) is 20.2. The van der Waals surface area contributed by atoms with E-state index in [0.717, 1.165) is 27.6 Å². The highest BCUT2D eigenvalue weighted by Gasteiger charge is 2.10. The van der Waals surface area contributed by atoms with E-state index in [4.69, 9.17) is 9.84 Å². The number of ether oxygens (including phenoxy) is 1. The largest absolute Gasteiger partial charge is 0.489 e. The highest BCUT2D eigenvalue weighted by Crippen LogP contribution is 2.29. The van der Waals surface area contributed by atoms with Crippen molar-refractivity contribution in [3.05, 3.63) is 77.4 Å². The number of fused-ring (bicyclic) bond motifs is 1. The number of hydrogen-bond acceptors (Lipinski definition) is 3. The number of aliphatic carboxylic acids is 1. The number of carboxylic acids is 1. The van der Waals surface area contributed by atoms with Crippen molar-refractivity contribution in [1.29, 1.82) is 0 Å². The summed E-state index contributed by atoms with van der Waals surface area (Å²) in [4.78, 5) is 10.8. The number of carboxylic acid groups (broad SMARTS) is 1. The Kier molecular flexibility index (Phi) is 5.31. The average Bonchev–Trinajstić information content (AvgIpc) is 2.61. The minimum Gasteiger partial charge on any atom is -0.489 e. The molecule has 0 amide bonds. The normalized spacial score (nSPS) is 10.8. The lowest BCUT2D eigenvalue weighted by atomic mass is 10.0. The van der Waals surface area contributed by atoms with Crippen molar-refractivity contribution in [3.63, 3.8) is 0 Å². The Morgan fingerprint density at radius 1 is 1.04 bits per heavy atom. The molecule has 0 aliphatic heterocycles. The van der Waals surface area contributed by atoms with Crippen LogP contribution in [0.3, 0.4) is 0 Å². The van der Waals surface area contributed by atoms with Crippen LogP contribution in [0.5, 0.6) is 5.75 Å². The number of nitrogens with one attached hydrogen (secondary N) is 1. The molecule has 0 aromatic heterocycles. The quantitative estimate of drug-likeness (QED) is 0.687. The summed E-state index contributed by atoms with van der Waals surface area (Å²) >= 11 is 0. The maximum Gasteiger partial charge on any atom is 0.317 e. The van der Waals surface area contributed by atoms with Gasteiger partial charge in [-0.15, -0.1) is 0 Å². The molecule has 3 aromatic rings. The van der Waals surface area contributed by atoms with E-state index < -0.39 is 5.97 Å². The van der Waals surface area contributed by atoms with E-state index in [-0.39, 0.29) is 6.54 Å². The van der Waals surface area contributed by atoms with Crippen molar-refractivity contribution in [3.8, 4) is 5.75 Å². The summed E-state index contributed by atoms with van der Waals surface area (Å²) in [5, 5.41) is 14.0. The summed E-state index contributed by atoms with van der Waals surface area (Å²) in [5.41, 5.74) is 3.31. The Morgan fingerprint density at radius 3 is 2.60 bits per heavy atom. The molecule has 0 radical (unpaired) electrons. The van der Waals surface area contributed by atoms with Crippen LogP contribution in [0.1, 0.15) is 16.7 Å². The van der Waals surface area contributed by atoms with Crippen molar-refractivity contribution in [2.45, 2.75) is 20.1 Å². The van der Waals surface area contributed by atoms with Gasteiger partial charge >= 0.3 is 5.97 Å². The highest BCUT2D eigenvalue weighted by molar-refractivity contribution is 5.87. The fourth-order valence-corrected chi connectivity index (χ4v) is 2.86. The molecule has 0 fully saturated rings. The molecule has 0 aliphatic carbocycles. The van der Waals surface area contributed by atoms with Crippen LogP contribution in [0.15, 0.2) is 60.7 Å². The van der Waals surface area contributed by atoms with Crippen LogP contribution in [0.2, 0.25) is 0 Å². The first-order chi connectivity index (χ1) is 12.1. The molecule has 25 heavy (non-hydrogen) atoms. The van der Waals surface area contributed by atoms with Gasteiger partial charge in [-0.2, -0.15) is 0 Å². The average molecular weight is 335 g/mol. The van der Waals surface area contributed by atoms with Gasteiger partial charge < -0.3 is 15.2 Å². The minimum absolute atomic E-state index is 0.0829. The molecule has 3 aromatic carbocycles. The van der Waals surface area contributed by atoms with E-state index in [2.05, 4.69) is 24.4 Å². The van der Waals surface area contributed by atoms with Crippen LogP contribution < -0.4 is 10.1 Å². The van der Waals surface area contributed by atoms with Crippen LogP contribution >= 0.6 is 0 Å². The summed E-state index contributed by atoms with van der Waals surface area (Å²) in [7, 11) is 0. The van der Waals surface area contributed by atoms with Crippen LogP contribution in [0, 0.1) is 6.92 Å². The van der Waals surface area contributed by atoms with Gasteiger partial charge in [-0.3, -0.25) is 4.79 Å². The summed E-state index contributed by atoms with van der Waals surface area (Å²) < 4.78 is 6.08. The predicted molar refractivity (Wildman–Crippen MR) is 98.8 cm³/mol. The molecular formula is C21H21NO3. The molecule has 2 N–H and O–H groups in total. The second kappa shape index (κ2) is 7.81. The third-order valence-corrected chi connectivity index (χ3v) is 4.22. The molecule has 0 aliphatic rings. The Bertz CT molecular complexity index is 889. The van der Waals surface area contributed by atoms with Gasteiger partial charge in [0, 0.05) is 12.1 Å². The van der Waals surface area contributed by atoms with E-state index in [1.54, 1.807) is 0 Å². The van der Waals surface area contributed by atoms with Gasteiger partial charge in [0.15, 0.2) is 0 Å². The second-order valence-corrected chi connectivity index (χ2v) is 5.98. The fraction of sp³-hybridized carbons (Fsp3) is 0.190. The van der Waals surface area contributed by atoms with E-state index in [9.17, 15) is 4.79 Å². The van der Waals surface area contributed by atoms with Crippen LogP contribution in [-0.4, -0.2) is 17.6 Å². The standard InChI is InChI=1S/C21H21NO3/c1-15-6-2-3-8-17(15)14-25-20-11-10-16-7-4-5-9-18(16)19(20)12-22-13-21(23)24/h2-11,22H,12-14H2,1H3,(H,23,24). The van der Waals surface area contributed by atoms with E-state index in [1.807, 2.05) is 48.5 Å². The molecule has 3 rings (SSSR count). The topological polar surface area (TPSA) is 58.6 Å². The van der Waals surface area contributed by atoms with E-state index in [1.165, 1.54) is 5.56 Å². The number of benzene rings is 3. The van der Waals surface area contributed by atoms with Crippen LogP contribution in [0.4, 0.5) is 0 Å². The van der Waals surface area contributed by atoms with E-state index >= 15 is 0 Å². The zero-order valence-electron chi connectivity index (χ0n) is 14.2. The molecular weight excluding hydrogens is 314 g/mol. The lowest BCUT2D eigenvalue weighted by molar-refractivity contribution is -0.136. The smallest absolute Gasteiger partial charge is 0.317 e. The minimum atomic E-state index is -0.873. The van der Waals surface area contributed by atoms with Crippen molar-refractivity contribution in [2.75, 3.05) is 6.54 Å². The third kappa shape index (κ3) is 4.17. The lowest BCUT2D eigenvalue weighted by Crippen LogP contribution is -2.22. The van der Waals surface area contributed by atoms with Crippen molar-refractivity contribution in [2.24, 2.45) is 0 Å². The van der Waals surface area contributed by atoms with Crippen molar-refractivity contribution in [1.82, 2.24) is 5.32 Å². The summed E-state index contributed by atoms with van der Waals surface area (Å²) in [6.45, 7) is 2.91. The van der Waals surface area contributed by atoms with Crippen molar-refractivity contribution < 1.29 is 14.6 Å².